The van der Waals surface area contributed by atoms with Crippen molar-refractivity contribution in [3.05, 3.63) is 46.2 Å². The molecule has 20 heavy (non-hydrogen) atoms. The molecule has 0 unspecified atom stereocenters. The Labute approximate surface area is 128 Å². The van der Waals surface area contributed by atoms with Gasteiger partial charge in [0, 0.05) is 36.9 Å². The highest BCUT2D eigenvalue weighted by Crippen LogP contribution is 2.27. The smallest absolute Gasteiger partial charge is 0.138 e. The number of ether oxygens (including phenoxy) is 1. The summed E-state index contributed by atoms with van der Waals surface area (Å²) in [6.45, 7) is 2.21. The van der Waals surface area contributed by atoms with Crippen molar-refractivity contribution in [1.82, 2.24) is 14.7 Å². The van der Waals surface area contributed by atoms with Crippen molar-refractivity contribution in [2.24, 2.45) is 7.05 Å². The second-order valence-electron chi connectivity index (χ2n) is 4.68. The van der Waals surface area contributed by atoms with Crippen LogP contribution in [0.2, 0.25) is 10.0 Å². The van der Waals surface area contributed by atoms with Crippen LogP contribution in [0.1, 0.15) is 5.56 Å². The number of hydrogen-bond donors (Lipinski definition) is 0. The summed E-state index contributed by atoms with van der Waals surface area (Å²) < 4.78 is 7.45. The zero-order valence-corrected chi connectivity index (χ0v) is 13.0. The van der Waals surface area contributed by atoms with Crippen LogP contribution in [-0.2, 0) is 13.6 Å². The van der Waals surface area contributed by atoms with Crippen LogP contribution >= 0.6 is 23.2 Å². The van der Waals surface area contributed by atoms with E-state index in [9.17, 15) is 0 Å². The van der Waals surface area contributed by atoms with Crippen molar-refractivity contribution in [2.75, 3.05) is 20.2 Å². The van der Waals surface area contributed by atoms with E-state index >= 15 is 0 Å². The van der Waals surface area contributed by atoms with Crippen LogP contribution in [0.4, 0.5) is 0 Å². The van der Waals surface area contributed by atoms with Gasteiger partial charge in [-0.2, -0.15) is 5.10 Å². The average molecular weight is 314 g/mol. The molecule has 1 heterocycles. The van der Waals surface area contributed by atoms with Gasteiger partial charge >= 0.3 is 0 Å². The van der Waals surface area contributed by atoms with Gasteiger partial charge in [0.1, 0.15) is 12.4 Å². The highest BCUT2D eigenvalue weighted by atomic mass is 35.5. The number of halogens is 2. The van der Waals surface area contributed by atoms with Crippen molar-refractivity contribution < 1.29 is 4.74 Å². The van der Waals surface area contributed by atoms with Crippen LogP contribution in [0.15, 0.2) is 30.6 Å². The largest absolute Gasteiger partial charge is 0.491 e. The minimum Gasteiger partial charge on any atom is -0.491 e. The molecule has 0 fully saturated rings. The van der Waals surface area contributed by atoms with Gasteiger partial charge in [0.2, 0.25) is 0 Å². The Morgan fingerprint density at radius 3 is 2.80 bits per heavy atom. The van der Waals surface area contributed by atoms with Gasteiger partial charge in [-0.25, -0.2) is 0 Å². The van der Waals surface area contributed by atoms with E-state index < -0.39 is 0 Å². The molecule has 0 saturated carbocycles. The van der Waals surface area contributed by atoms with Crippen LogP contribution in [0.25, 0.3) is 0 Å². The standard InChI is InChI=1S/C14H17Cl2N3O/c1-18(9-11-8-17-19(2)10-11)5-6-20-14-4-3-12(15)7-13(14)16/h3-4,7-8,10H,5-6,9H2,1-2H3. The molecule has 0 radical (unpaired) electrons. The van der Waals surface area contributed by atoms with E-state index in [1.54, 1.807) is 22.9 Å². The third-order valence-corrected chi connectivity index (χ3v) is 3.37. The van der Waals surface area contributed by atoms with E-state index in [0.717, 1.165) is 13.1 Å². The molecule has 0 N–H and O–H groups in total. The number of nitrogens with zero attached hydrogens (tertiary/aromatic N) is 3. The molecule has 1 aromatic carbocycles. The van der Waals surface area contributed by atoms with E-state index in [1.807, 2.05) is 26.5 Å². The van der Waals surface area contributed by atoms with Crippen LogP contribution in [-0.4, -0.2) is 34.9 Å². The Bertz CT molecular complexity index is 571. The molecule has 108 valence electrons. The fourth-order valence-corrected chi connectivity index (χ4v) is 2.31. The molecule has 0 amide bonds. The molecule has 0 saturated heterocycles. The minimum atomic E-state index is 0.535. The van der Waals surface area contributed by atoms with Gasteiger partial charge in [0.25, 0.3) is 0 Å². The number of aromatic nitrogens is 2. The molecule has 0 atom stereocenters. The predicted molar refractivity (Wildman–Crippen MR) is 81.5 cm³/mol. The highest BCUT2D eigenvalue weighted by molar-refractivity contribution is 6.35. The lowest BCUT2D eigenvalue weighted by Crippen LogP contribution is -2.23. The summed E-state index contributed by atoms with van der Waals surface area (Å²) in [5.74, 6) is 0.658. The van der Waals surface area contributed by atoms with Gasteiger partial charge in [0.15, 0.2) is 0 Å². The molecule has 0 aliphatic rings. The Morgan fingerprint density at radius 1 is 1.35 bits per heavy atom. The quantitative estimate of drug-likeness (QED) is 0.820. The summed E-state index contributed by atoms with van der Waals surface area (Å²) in [5, 5.41) is 5.29. The van der Waals surface area contributed by atoms with E-state index in [4.69, 9.17) is 27.9 Å². The SMILES string of the molecule is CN(CCOc1ccc(Cl)cc1Cl)Cc1cnn(C)c1. The van der Waals surface area contributed by atoms with Crippen LogP contribution in [0.5, 0.6) is 5.75 Å². The van der Waals surface area contributed by atoms with Crippen molar-refractivity contribution in [2.45, 2.75) is 6.54 Å². The minimum absolute atomic E-state index is 0.535. The fourth-order valence-electron chi connectivity index (χ4n) is 1.85. The summed E-state index contributed by atoms with van der Waals surface area (Å²) in [6.07, 6.45) is 3.88. The second kappa shape index (κ2) is 6.97. The van der Waals surface area contributed by atoms with E-state index in [2.05, 4.69) is 10.00 Å². The number of rotatable bonds is 6. The molecule has 0 aliphatic heterocycles. The Hall–Kier alpha value is -1.23. The van der Waals surface area contributed by atoms with Crippen molar-refractivity contribution >= 4 is 23.2 Å². The maximum absolute atomic E-state index is 6.04. The molecule has 0 aliphatic carbocycles. The van der Waals surface area contributed by atoms with Gasteiger partial charge in [-0.05, 0) is 25.2 Å². The normalized spacial score (nSPS) is 11.1. The second-order valence-corrected chi connectivity index (χ2v) is 5.53. The summed E-state index contributed by atoms with van der Waals surface area (Å²) in [4.78, 5) is 2.17. The average Bonchev–Trinajstić information content (AvgIpc) is 2.77. The van der Waals surface area contributed by atoms with Gasteiger partial charge in [-0.15, -0.1) is 0 Å². The maximum atomic E-state index is 6.04. The molecule has 0 bridgehead atoms. The van der Waals surface area contributed by atoms with Gasteiger partial charge in [-0.1, -0.05) is 23.2 Å². The lowest BCUT2D eigenvalue weighted by atomic mass is 10.3. The van der Waals surface area contributed by atoms with Crippen molar-refractivity contribution in [3.63, 3.8) is 0 Å². The van der Waals surface area contributed by atoms with Crippen LogP contribution in [0, 0.1) is 0 Å². The first kappa shape index (κ1) is 15.2. The van der Waals surface area contributed by atoms with Crippen molar-refractivity contribution in [3.8, 4) is 5.75 Å². The summed E-state index contributed by atoms with van der Waals surface area (Å²) >= 11 is 11.9. The molecule has 1 aromatic heterocycles. The Morgan fingerprint density at radius 2 is 2.15 bits per heavy atom. The van der Waals surface area contributed by atoms with E-state index in [-0.39, 0.29) is 0 Å². The van der Waals surface area contributed by atoms with Crippen molar-refractivity contribution in [1.29, 1.82) is 0 Å². The molecule has 6 heteroatoms. The Kier molecular flexibility index (Phi) is 5.29. The zero-order valence-electron chi connectivity index (χ0n) is 11.5. The van der Waals surface area contributed by atoms with Crippen LogP contribution < -0.4 is 4.74 Å². The third kappa shape index (κ3) is 4.40. The maximum Gasteiger partial charge on any atom is 0.138 e. The molecule has 2 rings (SSSR count). The Balaban J connectivity index is 1.77. The van der Waals surface area contributed by atoms with Gasteiger partial charge in [0.05, 0.1) is 11.2 Å². The van der Waals surface area contributed by atoms with Gasteiger partial charge < -0.3 is 4.74 Å². The predicted octanol–water partition coefficient (Wildman–Crippen LogP) is 3.24. The first-order valence-electron chi connectivity index (χ1n) is 6.28. The lowest BCUT2D eigenvalue weighted by Gasteiger charge is -2.16. The fraction of sp³-hybridized carbons (Fsp3) is 0.357. The molecule has 0 spiro atoms. The number of benzene rings is 1. The molecule has 4 nitrogen and oxygen atoms in total. The topological polar surface area (TPSA) is 30.3 Å². The number of aryl methyl sites for hydroxylation is 1. The number of likely N-dealkylation sites (N-methyl/N-ethyl adjacent to an activating group) is 1. The zero-order chi connectivity index (χ0) is 14.5. The third-order valence-electron chi connectivity index (χ3n) is 2.84. The van der Waals surface area contributed by atoms with Crippen LogP contribution in [0.3, 0.4) is 0 Å². The summed E-state index contributed by atoms with van der Waals surface area (Å²) in [6, 6.07) is 5.23. The molecular weight excluding hydrogens is 297 g/mol. The van der Waals surface area contributed by atoms with E-state index in [0.29, 0.717) is 22.4 Å². The molecular formula is C14H17Cl2N3O. The summed E-state index contributed by atoms with van der Waals surface area (Å²) in [5.41, 5.74) is 1.18. The monoisotopic (exact) mass is 313 g/mol. The summed E-state index contributed by atoms with van der Waals surface area (Å²) in [7, 11) is 3.95. The molecule has 2 aromatic rings. The lowest BCUT2D eigenvalue weighted by molar-refractivity contribution is 0.233. The highest BCUT2D eigenvalue weighted by Gasteiger charge is 2.05. The van der Waals surface area contributed by atoms with E-state index in [1.165, 1.54) is 5.56 Å². The first-order valence-corrected chi connectivity index (χ1v) is 7.04. The number of hydrogen-bond acceptors (Lipinski definition) is 3. The van der Waals surface area contributed by atoms with Gasteiger partial charge in [-0.3, -0.25) is 9.58 Å². The first-order chi connectivity index (χ1) is 9.54.